The average molecular weight is 708 g/mol. The zero-order valence-corrected chi connectivity index (χ0v) is 29.0. The van der Waals surface area contributed by atoms with E-state index >= 15 is 0 Å². The Morgan fingerprint density at radius 2 is 1.57 bits per heavy atom. The van der Waals surface area contributed by atoms with E-state index in [4.69, 9.17) is 14.6 Å². The van der Waals surface area contributed by atoms with Crippen LogP contribution in [0.4, 0.5) is 0 Å². The van der Waals surface area contributed by atoms with Crippen molar-refractivity contribution in [2.45, 2.75) is 75.3 Å². The molecule has 1 fully saturated rings. The van der Waals surface area contributed by atoms with Crippen LogP contribution in [0.25, 0.3) is 16.8 Å². The minimum absolute atomic E-state index is 0.0229. The molecule has 264 valence electrons. The second-order valence-corrected chi connectivity index (χ2v) is 13.4. The Bertz CT molecular complexity index is 1870. The van der Waals surface area contributed by atoms with Gasteiger partial charge in [-0.05, 0) is 63.2 Å². The molecule has 2 heterocycles. The molecule has 0 bridgehead atoms. The van der Waals surface area contributed by atoms with Crippen LogP contribution in [0.15, 0.2) is 108 Å². The predicted octanol–water partition coefficient (Wildman–Crippen LogP) is 6.81. The van der Waals surface area contributed by atoms with E-state index in [0.29, 0.717) is 49.6 Å². The normalized spacial score (nSPS) is 17.2. The molecule has 51 heavy (non-hydrogen) atoms. The van der Waals surface area contributed by atoms with Gasteiger partial charge in [-0.1, -0.05) is 109 Å². The molecule has 1 amide bonds. The summed E-state index contributed by atoms with van der Waals surface area (Å²) in [7, 11) is 0. The third-order valence-electron chi connectivity index (χ3n) is 8.74. The highest BCUT2D eigenvalue weighted by molar-refractivity contribution is 7.99. The van der Waals surface area contributed by atoms with Crippen LogP contribution in [0, 0.1) is 0 Å². The highest BCUT2D eigenvalue weighted by Gasteiger charge is 2.32. The van der Waals surface area contributed by atoms with E-state index in [0.717, 1.165) is 39.1 Å². The van der Waals surface area contributed by atoms with E-state index < -0.39 is 12.3 Å². The number of carbonyl (C=O) groups excluding carboxylic acids is 1. The fourth-order valence-electron chi connectivity index (χ4n) is 5.99. The molecule has 6 rings (SSSR count). The van der Waals surface area contributed by atoms with E-state index in [1.54, 1.807) is 4.68 Å². The molecule has 1 saturated heterocycles. The maximum absolute atomic E-state index is 12.5. The third kappa shape index (κ3) is 9.89. The second-order valence-electron chi connectivity index (χ2n) is 12.4. The maximum Gasteiger partial charge on any atom is 0.303 e. The van der Waals surface area contributed by atoms with E-state index in [9.17, 15) is 14.7 Å². The van der Waals surface area contributed by atoms with Crippen molar-refractivity contribution in [3.8, 4) is 16.8 Å². The lowest BCUT2D eigenvalue weighted by Crippen LogP contribution is -2.31. The SMILES string of the molecule is O=C(O)CCCCCC(=O)NCc1ccccc1-c1ccc([C@H]2O[C@@H](CSc3nnnn3-c3ccccc3)C[C@@H](c3ccc(CO)cc3)O2)cc1. The smallest absolute Gasteiger partial charge is 0.303 e. The first kappa shape index (κ1) is 35.9. The Kier molecular flexibility index (Phi) is 12.6. The Morgan fingerprint density at radius 1 is 0.843 bits per heavy atom. The number of amides is 1. The minimum Gasteiger partial charge on any atom is -0.481 e. The molecule has 0 saturated carbocycles. The number of tetrazole rings is 1. The fraction of sp³-hybridized carbons (Fsp3) is 0.308. The Morgan fingerprint density at radius 3 is 2.33 bits per heavy atom. The largest absolute Gasteiger partial charge is 0.481 e. The van der Waals surface area contributed by atoms with Gasteiger partial charge in [0.25, 0.3) is 0 Å². The fourth-order valence-corrected chi connectivity index (χ4v) is 6.90. The number of hydrogen-bond acceptors (Lipinski definition) is 9. The van der Waals surface area contributed by atoms with Crippen LogP contribution >= 0.6 is 11.8 Å². The zero-order valence-electron chi connectivity index (χ0n) is 28.1. The first-order valence-electron chi connectivity index (χ1n) is 17.1. The summed E-state index contributed by atoms with van der Waals surface area (Å²) in [5.74, 6) is -0.250. The molecular weight excluding hydrogens is 667 g/mol. The molecule has 3 atom stereocenters. The summed E-state index contributed by atoms with van der Waals surface area (Å²) in [5, 5.41) is 34.4. The number of para-hydroxylation sites is 1. The van der Waals surface area contributed by atoms with Crippen molar-refractivity contribution in [1.29, 1.82) is 0 Å². The van der Waals surface area contributed by atoms with Gasteiger partial charge >= 0.3 is 5.97 Å². The summed E-state index contributed by atoms with van der Waals surface area (Å²) < 4.78 is 14.9. The molecule has 4 aromatic carbocycles. The molecule has 0 unspecified atom stereocenters. The van der Waals surface area contributed by atoms with Gasteiger partial charge in [-0.25, -0.2) is 0 Å². The van der Waals surface area contributed by atoms with Gasteiger partial charge in [-0.3, -0.25) is 9.59 Å². The number of carbonyl (C=O) groups is 2. The zero-order chi connectivity index (χ0) is 35.4. The Labute approximate surface area is 301 Å². The van der Waals surface area contributed by atoms with Crippen molar-refractivity contribution in [3.05, 3.63) is 125 Å². The van der Waals surface area contributed by atoms with Crippen LogP contribution in [0.3, 0.4) is 0 Å². The van der Waals surface area contributed by atoms with Crippen LogP contribution in [-0.2, 0) is 32.2 Å². The van der Waals surface area contributed by atoms with Gasteiger partial charge in [0, 0.05) is 37.1 Å². The number of carboxylic acid groups (broad SMARTS) is 1. The number of benzene rings is 4. The van der Waals surface area contributed by atoms with Crippen molar-refractivity contribution in [2.75, 3.05) is 5.75 Å². The Balaban J connectivity index is 1.13. The van der Waals surface area contributed by atoms with Gasteiger partial charge in [0.1, 0.15) is 0 Å². The van der Waals surface area contributed by atoms with Crippen molar-refractivity contribution in [1.82, 2.24) is 25.5 Å². The number of aliphatic hydroxyl groups excluding tert-OH is 1. The van der Waals surface area contributed by atoms with Gasteiger partial charge < -0.3 is 25.0 Å². The molecule has 5 aromatic rings. The maximum atomic E-state index is 12.5. The quantitative estimate of drug-likeness (QED) is 0.0738. The van der Waals surface area contributed by atoms with E-state index in [1.807, 2.05) is 103 Å². The topological polar surface area (TPSA) is 149 Å². The minimum atomic E-state index is -0.810. The number of aliphatic hydroxyl groups is 1. The number of unbranched alkanes of at least 4 members (excludes halogenated alkanes) is 2. The van der Waals surface area contributed by atoms with Crippen LogP contribution in [0.5, 0.6) is 0 Å². The summed E-state index contributed by atoms with van der Waals surface area (Å²) >= 11 is 1.53. The molecule has 12 heteroatoms. The predicted molar refractivity (Wildman–Crippen MR) is 193 cm³/mol. The van der Waals surface area contributed by atoms with Gasteiger partial charge in [0.15, 0.2) is 6.29 Å². The summed E-state index contributed by atoms with van der Waals surface area (Å²) in [4.78, 5) is 23.2. The number of hydrogen-bond donors (Lipinski definition) is 3. The van der Waals surface area contributed by atoms with Crippen LogP contribution in [0.1, 0.15) is 73.2 Å². The van der Waals surface area contributed by atoms with Gasteiger partial charge in [-0.15, -0.1) is 5.10 Å². The molecule has 1 aliphatic rings. The number of nitrogens with one attached hydrogen (secondary N) is 1. The number of thioether (sulfide) groups is 1. The summed E-state index contributed by atoms with van der Waals surface area (Å²) in [6, 6.07) is 33.7. The number of nitrogens with zero attached hydrogens (tertiary/aromatic N) is 4. The second kappa shape index (κ2) is 17.9. The van der Waals surface area contributed by atoms with Crippen molar-refractivity contribution in [3.63, 3.8) is 0 Å². The Hall–Kier alpha value is -4.88. The van der Waals surface area contributed by atoms with Gasteiger partial charge in [0.2, 0.25) is 11.1 Å². The first-order valence-corrected chi connectivity index (χ1v) is 18.1. The summed E-state index contributed by atoms with van der Waals surface area (Å²) in [6.45, 7) is 0.370. The lowest BCUT2D eigenvalue weighted by Gasteiger charge is -2.36. The van der Waals surface area contributed by atoms with Crippen LogP contribution < -0.4 is 5.32 Å². The van der Waals surface area contributed by atoms with Crippen LogP contribution in [-0.4, -0.2) is 54.2 Å². The number of carboxylic acids is 1. The van der Waals surface area contributed by atoms with E-state index in [1.165, 1.54) is 11.8 Å². The van der Waals surface area contributed by atoms with Gasteiger partial charge in [0.05, 0.1) is 24.5 Å². The highest BCUT2D eigenvalue weighted by atomic mass is 32.2. The molecule has 0 radical (unpaired) electrons. The number of ether oxygens (including phenoxy) is 2. The molecule has 1 aromatic heterocycles. The van der Waals surface area contributed by atoms with E-state index in [2.05, 4.69) is 20.8 Å². The molecule has 0 aliphatic carbocycles. The standard InChI is InChI=1S/C39H41N5O6S/c45-25-27-15-17-29(18-16-27)35-23-33(26-51-39-41-42-43-44(39)32-10-3-1-4-11-32)49-38(50-35)30-21-19-28(20-22-30)34-12-8-7-9-31(34)24-40-36(46)13-5-2-6-14-37(47)48/h1,3-4,7-12,15-22,33,35,38,45H,2,5-6,13-14,23-26H2,(H,40,46)(H,47,48)/t33-,35+,38+/m1/s1. The molecule has 0 spiro atoms. The lowest BCUT2D eigenvalue weighted by molar-refractivity contribution is -0.245. The van der Waals surface area contributed by atoms with Crippen molar-refractivity contribution < 1.29 is 29.3 Å². The van der Waals surface area contributed by atoms with Crippen molar-refractivity contribution >= 4 is 23.6 Å². The monoisotopic (exact) mass is 707 g/mol. The van der Waals surface area contributed by atoms with Crippen LogP contribution in [0.2, 0.25) is 0 Å². The number of aliphatic carboxylic acids is 1. The first-order chi connectivity index (χ1) is 25.0. The average Bonchev–Trinajstić information content (AvgIpc) is 3.65. The molecule has 11 nitrogen and oxygen atoms in total. The molecule has 3 N–H and O–H groups in total. The third-order valence-corrected chi connectivity index (χ3v) is 9.79. The molecule has 1 aliphatic heterocycles. The number of aromatic nitrogens is 4. The van der Waals surface area contributed by atoms with E-state index in [-0.39, 0.29) is 31.1 Å². The summed E-state index contributed by atoms with van der Waals surface area (Å²) in [6.07, 6.45) is 2.07. The lowest BCUT2D eigenvalue weighted by atomic mass is 9.97. The van der Waals surface area contributed by atoms with Gasteiger partial charge in [-0.2, -0.15) is 4.68 Å². The number of rotatable bonds is 16. The van der Waals surface area contributed by atoms with Crippen molar-refractivity contribution in [2.24, 2.45) is 0 Å². The summed E-state index contributed by atoms with van der Waals surface area (Å²) in [5.41, 5.74) is 6.63. The molecular formula is C39H41N5O6S. The highest BCUT2D eigenvalue weighted by Crippen LogP contribution is 2.40.